The number of ether oxygens (including phenoxy) is 1. The maximum absolute atomic E-state index is 5.82. The van der Waals surface area contributed by atoms with Gasteiger partial charge in [-0.15, -0.1) is 0 Å². The zero-order valence-corrected chi connectivity index (χ0v) is 13.7. The lowest BCUT2D eigenvalue weighted by Crippen LogP contribution is -2.33. The van der Waals surface area contributed by atoms with Gasteiger partial charge in [0.25, 0.3) is 0 Å². The molecule has 3 nitrogen and oxygen atoms in total. The summed E-state index contributed by atoms with van der Waals surface area (Å²) in [6.45, 7) is 7.46. The van der Waals surface area contributed by atoms with E-state index in [2.05, 4.69) is 40.1 Å². The molecule has 3 rings (SSSR count). The Morgan fingerprint density at radius 2 is 1.39 bits per heavy atom. The normalized spacial score (nSPS) is 16.9. The fourth-order valence-corrected chi connectivity index (χ4v) is 3.06. The van der Waals surface area contributed by atoms with E-state index in [0.717, 1.165) is 38.5 Å². The minimum Gasteiger partial charge on any atom is -0.492 e. The average Bonchev–Trinajstić information content (AvgIpc) is 2.82. The van der Waals surface area contributed by atoms with Crippen LogP contribution in [-0.2, 0) is 6.54 Å². The summed E-state index contributed by atoms with van der Waals surface area (Å²) in [6.07, 6.45) is 1.23. The van der Waals surface area contributed by atoms with Gasteiger partial charge in [0.2, 0.25) is 0 Å². The molecule has 0 aliphatic carbocycles. The molecule has 2 aromatic carbocycles. The second-order valence-electron chi connectivity index (χ2n) is 6.12. The summed E-state index contributed by atoms with van der Waals surface area (Å²) in [4.78, 5) is 5.08. The van der Waals surface area contributed by atoms with E-state index in [9.17, 15) is 0 Å². The lowest BCUT2D eigenvalue weighted by atomic mass is 10.2. The predicted octanol–water partition coefficient (Wildman–Crippen LogP) is 3.27. The number of para-hydroxylation sites is 1. The zero-order chi connectivity index (χ0) is 15.7. The van der Waals surface area contributed by atoms with Crippen LogP contribution in [0.15, 0.2) is 60.7 Å². The monoisotopic (exact) mass is 310 g/mol. The van der Waals surface area contributed by atoms with Gasteiger partial charge in [0, 0.05) is 26.2 Å². The molecule has 0 unspecified atom stereocenters. The standard InChI is InChI=1S/C20H26N2O/c1-3-8-19(9-4-1)18-22-13-7-12-21(14-15-22)16-17-23-20-10-5-2-6-11-20/h1-6,8-11H,7,12-18H2. The van der Waals surface area contributed by atoms with Crippen LogP contribution in [-0.4, -0.2) is 49.1 Å². The number of benzene rings is 2. The average molecular weight is 310 g/mol. The molecule has 1 aliphatic heterocycles. The van der Waals surface area contributed by atoms with Gasteiger partial charge in [-0.3, -0.25) is 9.80 Å². The van der Waals surface area contributed by atoms with Gasteiger partial charge < -0.3 is 4.74 Å². The molecule has 0 N–H and O–H groups in total. The lowest BCUT2D eigenvalue weighted by Gasteiger charge is -2.22. The first-order valence-corrected chi connectivity index (χ1v) is 8.57. The topological polar surface area (TPSA) is 15.7 Å². The van der Waals surface area contributed by atoms with Crippen LogP contribution in [0.5, 0.6) is 5.75 Å². The van der Waals surface area contributed by atoms with Crippen LogP contribution >= 0.6 is 0 Å². The Hall–Kier alpha value is -1.84. The van der Waals surface area contributed by atoms with Crippen LogP contribution in [0.1, 0.15) is 12.0 Å². The third-order valence-electron chi connectivity index (χ3n) is 4.35. The van der Waals surface area contributed by atoms with E-state index in [1.807, 2.05) is 30.3 Å². The van der Waals surface area contributed by atoms with Crippen LogP contribution < -0.4 is 4.74 Å². The van der Waals surface area contributed by atoms with E-state index >= 15 is 0 Å². The van der Waals surface area contributed by atoms with Crippen molar-refractivity contribution >= 4 is 0 Å². The minimum atomic E-state index is 0.767. The van der Waals surface area contributed by atoms with E-state index in [1.54, 1.807) is 0 Å². The number of rotatable bonds is 6. The van der Waals surface area contributed by atoms with Gasteiger partial charge in [-0.05, 0) is 37.2 Å². The largest absolute Gasteiger partial charge is 0.492 e. The Bertz CT molecular complexity index is 558. The van der Waals surface area contributed by atoms with Gasteiger partial charge in [-0.2, -0.15) is 0 Å². The summed E-state index contributed by atoms with van der Waals surface area (Å²) in [7, 11) is 0. The van der Waals surface area contributed by atoms with E-state index < -0.39 is 0 Å². The molecule has 0 bridgehead atoms. The van der Waals surface area contributed by atoms with Crippen molar-refractivity contribution in [3.8, 4) is 5.75 Å². The second kappa shape index (κ2) is 8.70. The van der Waals surface area contributed by atoms with Crippen molar-refractivity contribution in [3.05, 3.63) is 66.2 Å². The Kier molecular flexibility index (Phi) is 6.07. The molecule has 3 heteroatoms. The molecule has 1 aliphatic rings. The molecule has 0 amide bonds. The van der Waals surface area contributed by atoms with Crippen molar-refractivity contribution in [2.75, 3.05) is 39.3 Å². The lowest BCUT2D eigenvalue weighted by molar-refractivity contribution is 0.207. The smallest absolute Gasteiger partial charge is 0.119 e. The van der Waals surface area contributed by atoms with Gasteiger partial charge in [-0.25, -0.2) is 0 Å². The van der Waals surface area contributed by atoms with Crippen LogP contribution in [0.4, 0.5) is 0 Å². The SMILES string of the molecule is c1ccc(CN2CCCN(CCOc3ccccc3)CC2)cc1. The van der Waals surface area contributed by atoms with Gasteiger partial charge in [-0.1, -0.05) is 48.5 Å². The van der Waals surface area contributed by atoms with Crippen LogP contribution in [0.3, 0.4) is 0 Å². The molecule has 0 spiro atoms. The van der Waals surface area contributed by atoms with E-state index in [1.165, 1.54) is 25.1 Å². The Balaban J connectivity index is 1.40. The predicted molar refractivity (Wildman–Crippen MR) is 94.7 cm³/mol. The highest BCUT2D eigenvalue weighted by atomic mass is 16.5. The molecule has 23 heavy (non-hydrogen) atoms. The molecule has 1 saturated heterocycles. The molecule has 1 fully saturated rings. The number of hydrogen-bond donors (Lipinski definition) is 0. The highest BCUT2D eigenvalue weighted by Gasteiger charge is 2.14. The first-order valence-electron chi connectivity index (χ1n) is 8.57. The Morgan fingerprint density at radius 1 is 0.739 bits per heavy atom. The quantitative estimate of drug-likeness (QED) is 0.814. The highest BCUT2D eigenvalue weighted by Crippen LogP contribution is 2.10. The summed E-state index contributed by atoms with van der Waals surface area (Å²) in [6, 6.07) is 20.9. The Morgan fingerprint density at radius 3 is 2.17 bits per heavy atom. The molecular formula is C20H26N2O. The first-order chi connectivity index (χ1) is 11.4. The van der Waals surface area contributed by atoms with Crippen LogP contribution in [0.25, 0.3) is 0 Å². The molecular weight excluding hydrogens is 284 g/mol. The summed E-state index contributed by atoms with van der Waals surface area (Å²) < 4.78 is 5.82. The van der Waals surface area contributed by atoms with Gasteiger partial charge in [0.1, 0.15) is 12.4 Å². The van der Waals surface area contributed by atoms with Crippen molar-refractivity contribution in [2.45, 2.75) is 13.0 Å². The fourth-order valence-electron chi connectivity index (χ4n) is 3.06. The van der Waals surface area contributed by atoms with Crippen molar-refractivity contribution in [3.63, 3.8) is 0 Å². The molecule has 122 valence electrons. The summed E-state index contributed by atoms with van der Waals surface area (Å²) in [5.41, 5.74) is 1.41. The molecule has 0 atom stereocenters. The van der Waals surface area contributed by atoms with Gasteiger partial charge in [0.05, 0.1) is 0 Å². The second-order valence-corrected chi connectivity index (χ2v) is 6.12. The maximum atomic E-state index is 5.82. The number of nitrogens with zero attached hydrogens (tertiary/aromatic N) is 2. The summed E-state index contributed by atoms with van der Waals surface area (Å²) >= 11 is 0. The highest BCUT2D eigenvalue weighted by molar-refractivity contribution is 5.20. The van der Waals surface area contributed by atoms with E-state index in [0.29, 0.717) is 0 Å². The summed E-state index contributed by atoms with van der Waals surface area (Å²) in [5.74, 6) is 0.966. The van der Waals surface area contributed by atoms with Gasteiger partial charge in [0.15, 0.2) is 0 Å². The molecule has 0 saturated carbocycles. The third kappa shape index (κ3) is 5.38. The van der Waals surface area contributed by atoms with Crippen LogP contribution in [0, 0.1) is 0 Å². The fraction of sp³-hybridized carbons (Fsp3) is 0.400. The van der Waals surface area contributed by atoms with Crippen LogP contribution in [0.2, 0.25) is 0 Å². The first kappa shape index (κ1) is 16.0. The Labute approximate surface area is 139 Å². The zero-order valence-electron chi connectivity index (χ0n) is 13.7. The van der Waals surface area contributed by atoms with E-state index in [4.69, 9.17) is 4.74 Å². The molecule has 0 aromatic heterocycles. The maximum Gasteiger partial charge on any atom is 0.119 e. The molecule has 2 aromatic rings. The van der Waals surface area contributed by atoms with Crippen molar-refractivity contribution in [1.29, 1.82) is 0 Å². The number of hydrogen-bond acceptors (Lipinski definition) is 3. The summed E-state index contributed by atoms with van der Waals surface area (Å²) in [5, 5.41) is 0. The molecule has 1 heterocycles. The van der Waals surface area contributed by atoms with Crippen molar-refractivity contribution in [2.24, 2.45) is 0 Å². The van der Waals surface area contributed by atoms with Crippen molar-refractivity contribution < 1.29 is 4.74 Å². The van der Waals surface area contributed by atoms with Crippen molar-refractivity contribution in [1.82, 2.24) is 9.80 Å². The third-order valence-corrected chi connectivity index (χ3v) is 4.35. The van der Waals surface area contributed by atoms with E-state index in [-0.39, 0.29) is 0 Å². The molecule has 0 radical (unpaired) electrons. The van der Waals surface area contributed by atoms with Gasteiger partial charge >= 0.3 is 0 Å². The minimum absolute atomic E-state index is 0.767.